The summed E-state index contributed by atoms with van der Waals surface area (Å²) in [7, 11) is 0. The van der Waals surface area contributed by atoms with Gasteiger partial charge in [-0.2, -0.15) is 0 Å². The number of halogens is 2. The van der Waals surface area contributed by atoms with Gasteiger partial charge in [0.1, 0.15) is 5.82 Å². The normalized spacial score (nSPS) is 26.9. The molecular weight excluding hydrogens is 281 g/mol. The summed E-state index contributed by atoms with van der Waals surface area (Å²) in [6.45, 7) is 11.2. The van der Waals surface area contributed by atoms with Gasteiger partial charge in [0.25, 0.3) is 0 Å². The Bertz CT molecular complexity index is 560. The molecule has 0 saturated carbocycles. The molecule has 0 aromatic heterocycles. The number of morpholine rings is 1. The van der Waals surface area contributed by atoms with Gasteiger partial charge in [-0.05, 0) is 11.6 Å². The molecule has 1 N–H and O–H groups in total. The van der Waals surface area contributed by atoms with Crippen molar-refractivity contribution in [3.05, 3.63) is 40.0 Å². The van der Waals surface area contributed by atoms with E-state index >= 15 is 0 Å². The number of rotatable bonds is 1. The molecule has 0 aliphatic carbocycles. The van der Waals surface area contributed by atoms with Gasteiger partial charge < -0.3 is 10.1 Å². The van der Waals surface area contributed by atoms with Crippen molar-refractivity contribution >= 4 is 17.3 Å². The van der Waals surface area contributed by atoms with E-state index in [0.29, 0.717) is 18.2 Å². The summed E-state index contributed by atoms with van der Waals surface area (Å²) in [5, 5.41) is 3.52. The Kier molecular flexibility index (Phi) is 3.90. The minimum Gasteiger partial charge on any atom is -0.371 e. The summed E-state index contributed by atoms with van der Waals surface area (Å²) in [6.07, 6.45) is -0.196. The maximum absolute atomic E-state index is 13.5. The second kappa shape index (κ2) is 5.66. The number of hydrogen-bond acceptors (Lipinski definition) is 3. The van der Waals surface area contributed by atoms with Gasteiger partial charge >= 0.3 is 0 Å². The molecule has 20 heavy (non-hydrogen) atoms. The lowest BCUT2D eigenvalue weighted by Gasteiger charge is -2.43. The predicted octanol–water partition coefficient (Wildman–Crippen LogP) is 2.37. The first kappa shape index (κ1) is 13.8. The zero-order chi connectivity index (χ0) is 14.1. The Balaban J connectivity index is 1.85. The number of fused-ring (bicyclic) bond motifs is 1. The molecule has 106 valence electrons. The molecule has 2 aliphatic heterocycles. The van der Waals surface area contributed by atoms with Gasteiger partial charge in [-0.15, -0.1) is 0 Å². The molecule has 2 saturated heterocycles. The Morgan fingerprint density at radius 3 is 3.15 bits per heavy atom. The van der Waals surface area contributed by atoms with Gasteiger partial charge in [-0.1, -0.05) is 17.7 Å². The molecule has 2 heterocycles. The summed E-state index contributed by atoms with van der Waals surface area (Å²) in [6, 6.07) is 3.31. The van der Waals surface area contributed by atoms with Crippen molar-refractivity contribution in [2.75, 3.05) is 32.8 Å². The highest BCUT2D eigenvalue weighted by Gasteiger charge is 2.32. The molecule has 3 rings (SSSR count). The first-order valence-electron chi connectivity index (χ1n) is 6.62. The van der Waals surface area contributed by atoms with Crippen LogP contribution in [0.4, 0.5) is 10.1 Å². The summed E-state index contributed by atoms with van der Waals surface area (Å²) in [5.41, 5.74) is 0.589. The Labute approximate surface area is 122 Å². The summed E-state index contributed by atoms with van der Waals surface area (Å²) < 4.78 is 19.4. The average molecular weight is 296 g/mol. The number of nitrogens with zero attached hydrogens (tertiary/aromatic N) is 2. The number of hydrogen-bond donors (Lipinski definition) is 1. The van der Waals surface area contributed by atoms with E-state index in [2.05, 4.69) is 15.1 Å². The van der Waals surface area contributed by atoms with Gasteiger partial charge in [0.05, 0.1) is 24.3 Å². The van der Waals surface area contributed by atoms with Crippen molar-refractivity contribution in [1.82, 2.24) is 10.2 Å². The molecule has 1 aromatic carbocycles. The maximum atomic E-state index is 13.5. The fraction of sp³-hybridized carbons (Fsp3) is 0.500. The van der Waals surface area contributed by atoms with E-state index in [1.54, 1.807) is 6.07 Å². The van der Waals surface area contributed by atoms with Crippen molar-refractivity contribution in [3.8, 4) is 0 Å². The third-order valence-corrected chi connectivity index (χ3v) is 4.31. The van der Waals surface area contributed by atoms with Crippen LogP contribution >= 0.6 is 11.6 Å². The highest BCUT2D eigenvalue weighted by Crippen LogP contribution is 2.37. The molecule has 4 nitrogen and oxygen atoms in total. The molecule has 0 bridgehead atoms. The lowest BCUT2D eigenvalue weighted by Crippen LogP contribution is -2.57. The van der Waals surface area contributed by atoms with Crippen LogP contribution in [0.3, 0.4) is 0 Å². The van der Waals surface area contributed by atoms with Crippen LogP contribution in [0.1, 0.15) is 11.7 Å². The van der Waals surface area contributed by atoms with Crippen molar-refractivity contribution < 1.29 is 9.13 Å². The van der Waals surface area contributed by atoms with E-state index in [1.165, 1.54) is 6.07 Å². The van der Waals surface area contributed by atoms with E-state index < -0.39 is 5.82 Å². The zero-order valence-electron chi connectivity index (χ0n) is 10.9. The van der Waals surface area contributed by atoms with E-state index in [1.807, 2.05) is 0 Å². The SMILES string of the molecule is [C-]#[N+]c1c(F)ccc([C@H]2CN3CCNC[C@@H]3CO2)c1Cl. The van der Waals surface area contributed by atoms with Gasteiger partial charge in [-0.3, -0.25) is 4.90 Å². The van der Waals surface area contributed by atoms with Crippen molar-refractivity contribution in [2.45, 2.75) is 12.1 Å². The molecule has 2 atom stereocenters. The predicted molar refractivity (Wildman–Crippen MR) is 74.6 cm³/mol. The smallest absolute Gasteiger partial charge is 0.240 e. The molecule has 0 radical (unpaired) electrons. The summed E-state index contributed by atoms with van der Waals surface area (Å²) in [5.74, 6) is -0.579. The minimum absolute atomic E-state index is 0.116. The molecular formula is C14H15ClFN3O. The third kappa shape index (κ3) is 2.40. The Morgan fingerprint density at radius 2 is 2.35 bits per heavy atom. The first-order chi connectivity index (χ1) is 9.70. The monoisotopic (exact) mass is 295 g/mol. The molecule has 0 spiro atoms. The molecule has 0 unspecified atom stereocenters. The number of ether oxygens (including phenoxy) is 1. The van der Waals surface area contributed by atoms with Gasteiger partial charge in [0.15, 0.2) is 0 Å². The topological polar surface area (TPSA) is 28.9 Å². The van der Waals surface area contributed by atoms with Gasteiger partial charge in [0, 0.05) is 32.2 Å². The van der Waals surface area contributed by atoms with Crippen LogP contribution in [0.2, 0.25) is 5.02 Å². The number of nitrogens with one attached hydrogen (secondary N) is 1. The fourth-order valence-corrected chi connectivity index (χ4v) is 3.11. The Hall–Kier alpha value is -1.19. The van der Waals surface area contributed by atoms with Gasteiger partial charge in [-0.25, -0.2) is 9.24 Å². The molecule has 6 heteroatoms. The van der Waals surface area contributed by atoms with Crippen LogP contribution < -0.4 is 5.32 Å². The average Bonchev–Trinajstić information content (AvgIpc) is 2.47. The van der Waals surface area contributed by atoms with Crippen LogP contribution in [0.5, 0.6) is 0 Å². The lowest BCUT2D eigenvalue weighted by atomic mass is 10.0. The maximum Gasteiger partial charge on any atom is 0.240 e. The van der Waals surface area contributed by atoms with Crippen LogP contribution in [0.15, 0.2) is 12.1 Å². The van der Waals surface area contributed by atoms with Crippen LogP contribution in [-0.2, 0) is 4.74 Å². The third-order valence-electron chi connectivity index (χ3n) is 3.92. The number of benzene rings is 1. The molecule has 2 aliphatic rings. The second-order valence-corrected chi connectivity index (χ2v) is 5.46. The lowest BCUT2D eigenvalue weighted by molar-refractivity contribution is -0.0717. The largest absolute Gasteiger partial charge is 0.371 e. The van der Waals surface area contributed by atoms with Gasteiger partial charge in [0.2, 0.25) is 5.69 Å². The number of piperazine rings is 1. The standard InChI is InChI=1S/C14H15ClFN3O/c1-17-14-11(16)3-2-10(13(14)15)12-7-19-5-4-18-6-9(19)8-20-12/h2-3,9,12,18H,4-8H2/t9-,12-/m1/s1. The highest BCUT2D eigenvalue weighted by molar-refractivity contribution is 6.34. The molecule has 1 aromatic rings. The van der Waals surface area contributed by atoms with Crippen LogP contribution in [-0.4, -0.2) is 43.7 Å². The second-order valence-electron chi connectivity index (χ2n) is 5.09. The summed E-state index contributed by atoms with van der Waals surface area (Å²) >= 11 is 6.16. The minimum atomic E-state index is -0.579. The van der Waals surface area contributed by atoms with Crippen molar-refractivity contribution in [2.24, 2.45) is 0 Å². The van der Waals surface area contributed by atoms with E-state index in [9.17, 15) is 4.39 Å². The van der Waals surface area contributed by atoms with E-state index in [-0.39, 0.29) is 16.8 Å². The van der Waals surface area contributed by atoms with Crippen molar-refractivity contribution in [1.29, 1.82) is 0 Å². The highest BCUT2D eigenvalue weighted by atomic mass is 35.5. The van der Waals surface area contributed by atoms with Crippen molar-refractivity contribution in [3.63, 3.8) is 0 Å². The van der Waals surface area contributed by atoms with Crippen LogP contribution in [0.25, 0.3) is 4.85 Å². The van der Waals surface area contributed by atoms with Crippen LogP contribution in [0, 0.1) is 12.4 Å². The summed E-state index contributed by atoms with van der Waals surface area (Å²) in [4.78, 5) is 5.53. The quantitative estimate of drug-likeness (QED) is 0.807. The molecule has 0 amide bonds. The fourth-order valence-electron chi connectivity index (χ4n) is 2.80. The first-order valence-corrected chi connectivity index (χ1v) is 7.00. The zero-order valence-corrected chi connectivity index (χ0v) is 11.7. The van der Waals surface area contributed by atoms with E-state index in [4.69, 9.17) is 22.9 Å². The Morgan fingerprint density at radius 1 is 1.50 bits per heavy atom. The van der Waals surface area contributed by atoms with E-state index in [0.717, 1.165) is 26.2 Å². The molecule has 2 fully saturated rings.